The third-order valence-corrected chi connectivity index (χ3v) is 14.0. The van der Waals surface area contributed by atoms with Gasteiger partial charge in [0.05, 0.1) is 16.6 Å². The summed E-state index contributed by atoms with van der Waals surface area (Å²) in [5.41, 5.74) is 21.2. The van der Waals surface area contributed by atoms with Gasteiger partial charge in [-0.2, -0.15) is 0 Å². The van der Waals surface area contributed by atoms with Crippen molar-refractivity contribution in [3.63, 3.8) is 0 Å². The summed E-state index contributed by atoms with van der Waals surface area (Å²) in [4.78, 5) is 4.88. The number of nitrogens with zero attached hydrogens (tertiary/aromatic N) is 3. The van der Waals surface area contributed by atoms with Crippen molar-refractivity contribution < 1.29 is 0 Å². The fourth-order valence-corrected chi connectivity index (χ4v) is 11.2. The molecule has 0 saturated carbocycles. The number of aromatic nitrogens is 1. The van der Waals surface area contributed by atoms with Crippen molar-refractivity contribution in [3.05, 3.63) is 265 Å². The van der Waals surface area contributed by atoms with Crippen LogP contribution in [0.1, 0.15) is 22.3 Å². The molecule has 0 saturated heterocycles. The maximum absolute atomic E-state index is 2.51. The largest absolute Gasteiger partial charge is 0.344 e. The van der Waals surface area contributed by atoms with E-state index in [9.17, 15) is 0 Å². The lowest BCUT2D eigenvalue weighted by atomic mass is 9.70. The summed E-state index contributed by atoms with van der Waals surface area (Å²) in [6.07, 6.45) is 0. The van der Waals surface area contributed by atoms with Gasteiger partial charge in [-0.05, 0) is 123 Å². The Balaban J connectivity index is 1.08. The second-order valence-corrected chi connectivity index (χ2v) is 17.3. The molecule has 11 aromatic rings. The zero-order valence-corrected chi connectivity index (χ0v) is 35.9. The van der Waals surface area contributed by atoms with E-state index < -0.39 is 5.41 Å². The van der Waals surface area contributed by atoms with E-state index in [0.717, 1.165) is 34.1 Å². The van der Waals surface area contributed by atoms with Gasteiger partial charge in [0.15, 0.2) is 0 Å². The van der Waals surface area contributed by atoms with Gasteiger partial charge in [0.2, 0.25) is 0 Å². The van der Waals surface area contributed by atoms with Gasteiger partial charge in [-0.25, -0.2) is 0 Å². The highest BCUT2D eigenvalue weighted by molar-refractivity contribution is 6.09. The van der Waals surface area contributed by atoms with Crippen LogP contribution in [0, 0.1) is 0 Å². The van der Waals surface area contributed by atoms with Gasteiger partial charge in [-0.1, -0.05) is 170 Å². The Kier molecular flexibility index (Phi) is 8.34. The van der Waals surface area contributed by atoms with Crippen LogP contribution in [-0.2, 0) is 12.5 Å². The van der Waals surface area contributed by atoms with E-state index in [4.69, 9.17) is 0 Å². The predicted octanol–water partition coefficient (Wildman–Crippen LogP) is 16.3. The van der Waals surface area contributed by atoms with Crippen LogP contribution in [0.4, 0.5) is 34.1 Å². The van der Waals surface area contributed by atoms with Crippen LogP contribution in [0.3, 0.4) is 0 Å². The van der Waals surface area contributed by atoms with Gasteiger partial charge < -0.3 is 14.4 Å². The Morgan fingerprint density at radius 1 is 0.308 bits per heavy atom. The molecule has 1 heterocycles. The van der Waals surface area contributed by atoms with E-state index in [1.807, 2.05) is 0 Å². The molecule has 65 heavy (non-hydrogen) atoms. The van der Waals surface area contributed by atoms with E-state index in [2.05, 4.69) is 264 Å². The molecule has 2 aliphatic carbocycles. The summed E-state index contributed by atoms with van der Waals surface area (Å²) < 4.78 is 2.34. The molecule has 306 valence electrons. The maximum atomic E-state index is 2.51. The lowest BCUT2D eigenvalue weighted by Gasteiger charge is -2.33. The first-order chi connectivity index (χ1) is 32.2. The Morgan fingerprint density at radius 3 is 1.38 bits per heavy atom. The first kappa shape index (κ1) is 37.2. The van der Waals surface area contributed by atoms with Crippen LogP contribution in [0.2, 0.25) is 0 Å². The van der Waals surface area contributed by atoms with E-state index in [0.29, 0.717) is 0 Å². The van der Waals surface area contributed by atoms with Crippen LogP contribution in [0.5, 0.6) is 0 Å². The van der Waals surface area contributed by atoms with E-state index in [1.54, 1.807) is 0 Å². The van der Waals surface area contributed by atoms with Gasteiger partial charge >= 0.3 is 0 Å². The zero-order valence-electron chi connectivity index (χ0n) is 35.9. The average Bonchev–Trinajstić information content (AvgIpc) is 3.95. The lowest BCUT2D eigenvalue weighted by Crippen LogP contribution is -2.26. The molecule has 1 atom stereocenters. The molecule has 0 bridgehead atoms. The van der Waals surface area contributed by atoms with Crippen LogP contribution in [0.25, 0.3) is 55.2 Å². The van der Waals surface area contributed by atoms with Gasteiger partial charge in [0.1, 0.15) is 0 Å². The quantitative estimate of drug-likeness (QED) is 0.159. The molecule has 2 aliphatic rings. The molecule has 1 aromatic heterocycles. The molecule has 0 aliphatic heterocycles. The summed E-state index contributed by atoms with van der Waals surface area (Å²) in [5, 5.41) is 2.52. The van der Waals surface area contributed by atoms with Crippen LogP contribution in [-0.4, -0.2) is 4.57 Å². The fraction of sp³-hybridized carbons (Fsp3) is 0.0323. The van der Waals surface area contributed by atoms with E-state index in [-0.39, 0.29) is 0 Å². The van der Waals surface area contributed by atoms with Gasteiger partial charge in [0.25, 0.3) is 0 Å². The van der Waals surface area contributed by atoms with Crippen molar-refractivity contribution in [2.24, 2.45) is 7.05 Å². The number of para-hydroxylation sites is 4. The summed E-state index contributed by atoms with van der Waals surface area (Å²) in [7, 11) is 2.19. The number of benzene rings is 10. The molecule has 0 amide bonds. The molecular formula is C62H43N3. The van der Waals surface area contributed by atoms with E-state index in [1.165, 1.54) is 77.4 Å². The Hall–Kier alpha value is -8.40. The highest BCUT2D eigenvalue weighted by Gasteiger charge is 2.52. The fourth-order valence-electron chi connectivity index (χ4n) is 11.2. The smallest absolute Gasteiger partial charge is 0.0727 e. The van der Waals surface area contributed by atoms with E-state index >= 15 is 0 Å². The number of aryl methyl sites for hydroxylation is 1. The molecule has 1 spiro atoms. The molecule has 1 unspecified atom stereocenters. The predicted molar refractivity (Wildman–Crippen MR) is 272 cm³/mol. The number of hydrogen-bond acceptors (Lipinski definition) is 2. The standard InChI is InChI=1S/C62H43N3/c1-63-59-31-17-14-28-53(59)54-38-35-47(41-61(54)63)65(60-32-18-13-25-48(60)42-19-5-2-6-20-42)46-34-37-52-50-27-12-16-30-56(50)62(58(52)40-46)55-29-15-11-26-49(55)51-36-33-45(39-57(51)62)64(43-21-7-3-8-22-43)44-23-9-4-10-24-44/h2-41H,1H3. The average molecular weight is 830 g/mol. The van der Waals surface area contributed by atoms with Crippen LogP contribution >= 0.6 is 0 Å². The molecule has 3 nitrogen and oxygen atoms in total. The zero-order chi connectivity index (χ0) is 43.1. The van der Waals surface area contributed by atoms with Crippen molar-refractivity contribution in [1.82, 2.24) is 4.57 Å². The molecule has 13 rings (SSSR count). The van der Waals surface area contributed by atoms with Gasteiger partial charge in [-0.3, -0.25) is 0 Å². The van der Waals surface area contributed by atoms with Gasteiger partial charge in [0, 0.05) is 57.3 Å². The molecule has 0 radical (unpaired) electrons. The number of hydrogen-bond donors (Lipinski definition) is 0. The first-order valence-electron chi connectivity index (χ1n) is 22.5. The van der Waals surface area contributed by atoms with Crippen molar-refractivity contribution in [1.29, 1.82) is 0 Å². The van der Waals surface area contributed by atoms with Crippen LogP contribution < -0.4 is 9.80 Å². The van der Waals surface area contributed by atoms with Crippen molar-refractivity contribution >= 4 is 55.9 Å². The summed E-state index contributed by atoms with van der Waals surface area (Å²) in [6.45, 7) is 0. The minimum atomic E-state index is -0.576. The Labute approximate surface area is 379 Å². The third-order valence-electron chi connectivity index (χ3n) is 14.0. The topological polar surface area (TPSA) is 11.4 Å². The maximum Gasteiger partial charge on any atom is 0.0727 e. The summed E-state index contributed by atoms with van der Waals surface area (Å²) in [6, 6.07) is 89.5. The normalized spacial score (nSPS) is 14.3. The van der Waals surface area contributed by atoms with Crippen LogP contribution in [0.15, 0.2) is 243 Å². The Bertz CT molecular complexity index is 3570. The molecule has 0 N–H and O–H groups in total. The third kappa shape index (κ3) is 5.49. The SMILES string of the molecule is Cn1c2ccccc2c2ccc(N(c3ccc4c(c3)C3(c5ccccc5-c5ccc(N(c6ccccc6)c6ccccc6)cc53)c3ccccc3-4)c3ccccc3-c3ccccc3)cc21. The summed E-state index contributed by atoms with van der Waals surface area (Å²) >= 11 is 0. The van der Waals surface area contributed by atoms with Crippen molar-refractivity contribution in [2.45, 2.75) is 5.41 Å². The second-order valence-electron chi connectivity index (χ2n) is 17.3. The van der Waals surface area contributed by atoms with Crippen molar-refractivity contribution in [3.8, 4) is 33.4 Å². The monoisotopic (exact) mass is 829 g/mol. The number of rotatable bonds is 7. The molecule has 10 aromatic carbocycles. The lowest BCUT2D eigenvalue weighted by molar-refractivity contribution is 0.793. The highest BCUT2D eigenvalue weighted by Crippen LogP contribution is 2.64. The first-order valence-corrected chi connectivity index (χ1v) is 22.5. The number of anilines is 6. The molecule has 3 heteroatoms. The van der Waals surface area contributed by atoms with Gasteiger partial charge in [-0.15, -0.1) is 0 Å². The summed E-state index contributed by atoms with van der Waals surface area (Å²) in [5.74, 6) is 0. The minimum absolute atomic E-state index is 0.576. The highest BCUT2D eigenvalue weighted by atomic mass is 15.2. The molecule has 0 fully saturated rings. The van der Waals surface area contributed by atoms with Crippen molar-refractivity contribution in [2.75, 3.05) is 9.80 Å². The second kappa shape index (κ2) is 14.6. The minimum Gasteiger partial charge on any atom is -0.344 e. The number of fused-ring (bicyclic) bond motifs is 13. The molecular weight excluding hydrogens is 787 g/mol. The Morgan fingerprint density at radius 2 is 0.754 bits per heavy atom.